The van der Waals surface area contributed by atoms with Crippen molar-refractivity contribution in [3.8, 4) is 11.3 Å². The minimum absolute atomic E-state index is 0.0227. The smallest absolute Gasteiger partial charge is 0.225 e. The lowest BCUT2D eigenvalue weighted by Crippen LogP contribution is -2.32. The van der Waals surface area contributed by atoms with Crippen molar-refractivity contribution < 1.29 is 9.18 Å². The number of halogens is 1. The zero-order chi connectivity index (χ0) is 21.5. The molecule has 162 valence electrons. The van der Waals surface area contributed by atoms with Crippen molar-refractivity contribution in [2.24, 2.45) is 17.3 Å². The van der Waals surface area contributed by atoms with Crippen LogP contribution in [0, 0.1) is 23.2 Å². The standard InChI is InChI=1S/C23H32FN5O/c1-14(2)22(30)29-8-6-15(13-29)12-25-20-10-16(9-19(24)26-20)21-17-5-7-23(3,4)11-18(17)27-28-21/h9-10,14-15H,5-8,11-13H2,1-4H3,(H,25,26)(H,27,28). The number of amides is 1. The first-order chi connectivity index (χ1) is 14.2. The van der Waals surface area contributed by atoms with Crippen molar-refractivity contribution in [1.82, 2.24) is 20.1 Å². The lowest BCUT2D eigenvalue weighted by Gasteiger charge is -2.29. The summed E-state index contributed by atoms with van der Waals surface area (Å²) in [6.07, 6.45) is 3.96. The van der Waals surface area contributed by atoms with Crippen LogP contribution in [-0.2, 0) is 17.6 Å². The molecule has 0 bridgehead atoms. The zero-order valence-corrected chi connectivity index (χ0v) is 18.4. The SMILES string of the molecule is CC(C)C(=O)N1CCC(CNc2cc(-c3n[nH]c4c3CCC(C)(C)C4)cc(F)n2)C1. The van der Waals surface area contributed by atoms with Gasteiger partial charge in [-0.25, -0.2) is 4.98 Å². The van der Waals surface area contributed by atoms with Gasteiger partial charge in [0.05, 0.1) is 5.69 Å². The number of hydrogen-bond acceptors (Lipinski definition) is 4. The van der Waals surface area contributed by atoms with E-state index in [1.165, 1.54) is 11.6 Å². The lowest BCUT2D eigenvalue weighted by molar-refractivity contribution is -0.133. The van der Waals surface area contributed by atoms with E-state index < -0.39 is 5.95 Å². The summed E-state index contributed by atoms with van der Waals surface area (Å²) in [6, 6.07) is 3.34. The van der Waals surface area contributed by atoms with Crippen LogP contribution in [-0.4, -0.2) is 45.6 Å². The van der Waals surface area contributed by atoms with Crippen molar-refractivity contribution in [2.45, 2.75) is 53.4 Å². The minimum atomic E-state index is -0.508. The molecule has 2 aromatic rings. The second kappa shape index (κ2) is 8.00. The number of rotatable bonds is 5. The van der Waals surface area contributed by atoms with E-state index in [1.54, 1.807) is 0 Å². The minimum Gasteiger partial charge on any atom is -0.370 e. The van der Waals surface area contributed by atoms with Gasteiger partial charge in [0.25, 0.3) is 0 Å². The first-order valence-electron chi connectivity index (χ1n) is 11.0. The van der Waals surface area contributed by atoms with E-state index in [0.29, 0.717) is 18.3 Å². The van der Waals surface area contributed by atoms with E-state index in [9.17, 15) is 9.18 Å². The Morgan fingerprint density at radius 2 is 2.20 bits per heavy atom. The monoisotopic (exact) mass is 413 g/mol. The number of hydrogen-bond donors (Lipinski definition) is 2. The highest BCUT2D eigenvalue weighted by Crippen LogP contribution is 2.38. The summed E-state index contributed by atoms with van der Waals surface area (Å²) in [5.74, 6) is 0.587. The maximum Gasteiger partial charge on any atom is 0.225 e. The quantitative estimate of drug-likeness (QED) is 0.726. The predicted molar refractivity (Wildman–Crippen MR) is 116 cm³/mol. The van der Waals surface area contributed by atoms with Crippen molar-refractivity contribution >= 4 is 11.7 Å². The van der Waals surface area contributed by atoms with Crippen LogP contribution in [0.4, 0.5) is 10.2 Å². The summed E-state index contributed by atoms with van der Waals surface area (Å²) in [4.78, 5) is 18.1. The number of aromatic nitrogens is 3. The molecule has 2 aliphatic rings. The molecule has 1 amide bonds. The molecule has 2 aromatic heterocycles. The van der Waals surface area contributed by atoms with Crippen LogP contribution in [0.1, 0.15) is 51.8 Å². The lowest BCUT2D eigenvalue weighted by atomic mass is 9.76. The topological polar surface area (TPSA) is 73.9 Å². The Balaban J connectivity index is 1.45. The molecule has 7 heteroatoms. The summed E-state index contributed by atoms with van der Waals surface area (Å²) in [6.45, 7) is 10.6. The van der Waals surface area contributed by atoms with Gasteiger partial charge in [-0.3, -0.25) is 9.89 Å². The molecule has 0 radical (unpaired) electrons. The molecule has 0 saturated carbocycles. The molecule has 0 spiro atoms. The summed E-state index contributed by atoms with van der Waals surface area (Å²) in [5.41, 5.74) is 4.21. The van der Waals surface area contributed by atoms with Gasteiger partial charge >= 0.3 is 0 Å². The predicted octanol–water partition coefficient (Wildman–Crippen LogP) is 4.04. The number of H-pyrrole nitrogens is 1. The van der Waals surface area contributed by atoms with Crippen LogP contribution in [0.3, 0.4) is 0 Å². The van der Waals surface area contributed by atoms with E-state index in [4.69, 9.17) is 0 Å². The Labute approximate surface area is 177 Å². The molecule has 3 heterocycles. The first-order valence-corrected chi connectivity index (χ1v) is 11.0. The fourth-order valence-electron chi connectivity index (χ4n) is 4.62. The fourth-order valence-corrected chi connectivity index (χ4v) is 4.62. The van der Waals surface area contributed by atoms with Crippen LogP contribution in [0.25, 0.3) is 11.3 Å². The third-order valence-electron chi connectivity index (χ3n) is 6.39. The maximum atomic E-state index is 14.3. The van der Waals surface area contributed by atoms with Gasteiger partial charge in [0.1, 0.15) is 5.82 Å². The third kappa shape index (κ3) is 4.35. The van der Waals surface area contributed by atoms with Gasteiger partial charge in [0.2, 0.25) is 11.9 Å². The van der Waals surface area contributed by atoms with E-state index in [-0.39, 0.29) is 17.2 Å². The molecule has 30 heavy (non-hydrogen) atoms. The number of aromatic amines is 1. The summed E-state index contributed by atoms with van der Waals surface area (Å²) < 4.78 is 14.3. The second-order valence-electron chi connectivity index (χ2n) is 9.91. The molecule has 1 fully saturated rings. The molecule has 6 nitrogen and oxygen atoms in total. The second-order valence-corrected chi connectivity index (χ2v) is 9.91. The number of carbonyl (C=O) groups excluding carboxylic acids is 1. The number of likely N-dealkylation sites (tertiary alicyclic amines) is 1. The van der Waals surface area contributed by atoms with Gasteiger partial charge in [-0.15, -0.1) is 0 Å². The van der Waals surface area contributed by atoms with Crippen LogP contribution >= 0.6 is 0 Å². The Kier molecular flexibility index (Phi) is 5.55. The molecule has 1 aliphatic carbocycles. The van der Waals surface area contributed by atoms with E-state index in [2.05, 4.69) is 34.3 Å². The largest absolute Gasteiger partial charge is 0.370 e. The number of anilines is 1. The Bertz CT molecular complexity index is 936. The van der Waals surface area contributed by atoms with Gasteiger partial charge in [0, 0.05) is 48.4 Å². The van der Waals surface area contributed by atoms with Crippen LogP contribution < -0.4 is 5.32 Å². The summed E-state index contributed by atoms with van der Waals surface area (Å²) >= 11 is 0. The molecule has 1 atom stereocenters. The molecular formula is C23H32FN5O. The maximum absolute atomic E-state index is 14.3. The zero-order valence-electron chi connectivity index (χ0n) is 18.4. The molecule has 4 rings (SSSR count). The molecule has 0 aromatic carbocycles. The normalized spacial score (nSPS) is 20.5. The first kappa shape index (κ1) is 20.8. The van der Waals surface area contributed by atoms with Crippen LogP contribution in [0.15, 0.2) is 12.1 Å². The Morgan fingerprint density at radius 3 is 2.97 bits per heavy atom. The molecular weight excluding hydrogens is 381 g/mol. The number of fused-ring (bicyclic) bond motifs is 1. The van der Waals surface area contributed by atoms with Crippen molar-refractivity contribution in [2.75, 3.05) is 25.0 Å². The number of pyridine rings is 1. The summed E-state index contributed by atoms with van der Waals surface area (Å²) in [5, 5.41) is 11.0. The molecule has 1 saturated heterocycles. The number of carbonyl (C=O) groups is 1. The van der Waals surface area contributed by atoms with E-state index >= 15 is 0 Å². The van der Waals surface area contributed by atoms with Crippen molar-refractivity contribution in [3.05, 3.63) is 29.3 Å². The van der Waals surface area contributed by atoms with E-state index in [1.807, 2.05) is 24.8 Å². The van der Waals surface area contributed by atoms with Gasteiger partial charge in [-0.05, 0) is 43.1 Å². The van der Waals surface area contributed by atoms with Gasteiger partial charge < -0.3 is 10.2 Å². The highest BCUT2D eigenvalue weighted by atomic mass is 19.1. The van der Waals surface area contributed by atoms with Gasteiger partial charge in [-0.1, -0.05) is 27.7 Å². The third-order valence-corrected chi connectivity index (χ3v) is 6.39. The Hall–Kier alpha value is -2.44. The van der Waals surface area contributed by atoms with Crippen molar-refractivity contribution in [3.63, 3.8) is 0 Å². The van der Waals surface area contributed by atoms with Crippen LogP contribution in [0.5, 0.6) is 0 Å². The molecule has 1 aliphatic heterocycles. The Morgan fingerprint density at radius 1 is 1.40 bits per heavy atom. The fraction of sp³-hybridized carbons (Fsp3) is 0.609. The van der Waals surface area contributed by atoms with E-state index in [0.717, 1.165) is 55.7 Å². The molecule has 2 N–H and O–H groups in total. The number of nitrogens with one attached hydrogen (secondary N) is 2. The average Bonchev–Trinajstić information content (AvgIpc) is 3.31. The average molecular weight is 414 g/mol. The van der Waals surface area contributed by atoms with Gasteiger partial charge in [0.15, 0.2) is 0 Å². The highest BCUT2D eigenvalue weighted by Gasteiger charge is 2.30. The van der Waals surface area contributed by atoms with Gasteiger partial charge in [-0.2, -0.15) is 9.49 Å². The summed E-state index contributed by atoms with van der Waals surface area (Å²) in [7, 11) is 0. The van der Waals surface area contributed by atoms with Crippen molar-refractivity contribution in [1.29, 1.82) is 0 Å². The van der Waals surface area contributed by atoms with Crippen LogP contribution in [0.2, 0.25) is 0 Å². The molecule has 1 unspecified atom stereocenters. The highest BCUT2D eigenvalue weighted by molar-refractivity contribution is 5.78. The number of nitrogens with zero attached hydrogens (tertiary/aromatic N) is 3.